The maximum absolute atomic E-state index is 6.48. The first-order valence-corrected chi connectivity index (χ1v) is 9.32. The summed E-state index contributed by atoms with van der Waals surface area (Å²) in [4.78, 5) is 0. The third kappa shape index (κ3) is 3.18. The molecule has 0 spiro atoms. The normalized spacial score (nSPS) is 18.7. The Morgan fingerprint density at radius 1 is 1.00 bits per heavy atom. The van der Waals surface area contributed by atoms with Gasteiger partial charge in [-0.1, -0.05) is 35.3 Å². The van der Waals surface area contributed by atoms with E-state index >= 15 is 0 Å². The van der Waals surface area contributed by atoms with E-state index < -0.39 is 0 Å². The Morgan fingerprint density at radius 2 is 1.74 bits per heavy atom. The molecule has 27 heavy (non-hydrogen) atoms. The second kappa shape index (κ2) is 7.12. The van der Waals surface area contributed by atoms with Gasteiger partial charge in [-0.05, 0) is 47.5 Å². The van der Waals surface area contributed by atoms with Gasteiger partial charge in [0, 0.05) is 21.2 Å². The fraction of sp³-hybridized carbons (Fsp3) is 0.238. The highest BCUT2D eigenvalue weighted by Gasteiger charge is 2.31. The van der Waals surface area contributed by atoms with Crippen LogP contribution in [0.25, 0.3) is 10.8 Å². The topological polar surface area (TPSA) is 53.7 Å². The van der Waals surface area contributed by atoms with Crippen LogP contribution in [0.1, 0.15) is 17.2 Å². The highest BCUT2D eigenvalue weighted by atomic mass is 35.5. The number of hydrogen-bond donors (Lipinski definition) is 1. The van der Waals surface area contributed by atoms with Gasteiger partial charge in [0.15, 0.2) is 11.5 Å². The van der Waals surface area contributed by atoms with Crippen molar-refractivity contribution >= 4 is 34.0 Å². The molecule has 140 valence electrons. The Balaban J connectivity index is 1.80. The van der Waals surface area contributed by atoms with Crippen LogP contribution in [0.3, 0.4) is 0 Å². The summed E-state index contributed by atoms with van der Waals surface area (Å²) in [6, 6.07) is 13.0. The van der Waals surface area contributed by atoms with Gasteiger partial charge in [0.25, 0.3) is 0 Å². The molecule has 6 heteroatoms. The number of hydrogen-bond acceptors (Lipinski definition) is 4. The molecule has 0 aliphatic carbocycles. The summed E-state index contributed by atoms with van der Waals surface area (Å²) in [5.41, 5.74) is 8.38. The summed E-state index contributed by atoms with van der Waals surface area (Å²) in [6.45, 7) is 0. The van der Waals surface area contributed by atoms with Crippen LogP contribution >= 0.6 is 23.2 Å². The monoisotopic (exact) mass is 403 g/mol. The predicted molar refractivity (Wildman–Crippen MR) is 109 cm³/mol. The molecule has 2 N–H and O–H groups in total. The first-order valence-electron chi connectivity index (χ1n) is 8.56. The Kier molecular flexibility index (Phi) is 4.81. The zero-order valence-electron chi connectivity index (χ0n) is 15.0. The minimum Gasteiger partial charge on any atom is -0.493 e. The highest BCUT2D eigenvalue weighted by Crippen LogP contribution is 2.42. The van der Waals surface area contributed by atoms with Crippen LogP contribution in [0.5, 0.6) is 17.2 Å². The summed E-state index contributed by atoms with van der Waals surface area (Å²) in [7, 11) is 3.25. The molecular formula is C21H19Cl2NO3. The standard InChI is InChI=1S/C21H19Cl2NO3/c1-25-19-7-11-3-6-18-15(14(11)10-20(19)26-2)9-17(24)21(27-18)13-5-4-12(22)8-16(13)23/h3-8,10,17,21H,9,24H2,1-2H3. The van der Waals surface area contributed by atoms with Crippen LogP contribution in [-0.2, 0) is 6.42 Å². The summed E-state index contributed by atoms with van der Waals surface area (Å²) < 4.78 is 17.1. The molecule has 3 aromatic carbocycles. The third-order valence-corrected chi connectivity index (χ3v) is 5.51. The lowest BCUT2D eigenvalue weighted by molar-refractivity contribution is 0.154. The second-order valence-electron chi connectivity index (χ2n) is 6.54. The van der Waals surface area contributed by atoms with Gasteiger partial charge < -0.3 is 19.9 Å². The lowest BCUT2D eigenvalue weighted by atomic mass is 9.90. The van der Waals surface area contributed by atoms with Gasteiger partial charge in [0.1, 0.15) is 11.9 Å². The maximum Gasteiger partial charge on any atom is 0.161 e. The molecule has 0 bridgehead atoms. The van der Waals surface area contributed by atoms with E-state index in [1.165, 1.54) is 0 Å². The predicted octanol–water partition coefficient (Wildman–Crippen LogP) is 5.17. The molecular weight excluding hydrogens is 385 g/mol. The number of benzene rings is 3. The van der Waals surface area contributed by atoms with Crippen molar-refractivity contribution in [2.24, 2.45) is 5.73 Å². The van der Waals surface area contributed by atoms with Crippen molar-refractivity contribution in [1.29, 1.82) is 0 Å². The third-order valence-electron chi connectivity index (χ3n) is 4.94. The zero-order chi connectivity index (χ0) is 19.1. The van der Waals surface area contributed by atoms with Crippen LogP contribution in [-0.4, -0.2) is 20.3 Å². The van der Waals surface area contributed by atoms with Gasteiger partial charge in [-0.15, -0.1) is 0 Å². The van der Waals surface area contributed by atoms with Crippen LogP contribution < -0.4 is 19.9 Å². The average molecular weight is 404 g/mol. The molecule has 3 aromatic rings. The van der Waals surface area contributed by atoms with Crippen molar-refractivity contribution in [3.05, 3.63) is 63.6 Å². The van der Waals surface area contributed by atoms with Gasteiger partial charge in [-0.3, -0.25) is 0 Å². The number of nitrogens with two attached hydrogens (primary N) is 1. The molecule has 1 aliphatic heterocycles. The molecule has 0 aromatic heterocycles. The molecule has 1 aliphatic rings. The molecule has 1 heterocycles. The van der Waals surface area contributed by atoms with Crippen molar-refractivity contribution in [2.75, 3.05) is 14.2 Å². The van der Waals surface area contributed by atoms with Crippen LogP contribution in [0, 0.1) is 0 Å². The number of halogens is 2. The minimum absolute atomic E-state index is 0.241. The fourth-order valence-electron chi connectivity index (χ4n) is 3.61. The quantitative estimate of drug-likeness (QED) is 0.655. The van der Waals surface area contributed by atoms with Crippen molar-refractivity contribution in [3.8, 4) is 17.2 Å². The first-order chi connectivity index (χ1) is 13.0. The molecule has 2 unspecified atom stereocenters. The lowest BCUT2D eigenvalue weighted by Crippen LogP contribution is -2.37. The van der Waals surface area contributed by atoms with Crippen LogP contribution in [0.2, 0.25) is 10.0 Å². The molecule has 0 radical (unpaired) electrons. The van der Waals surface area contributed by atoms with E-state index in [9.17, 15) is 0 Å². The molecule has 0 amide bonds. The largest absolute Gasteiger partial charge is 0.493 e. The second-order valence-corrected chi connectivity index (χ2v) is 7.39. The summed E-state index contributed by atoms with van der Waals surface area (Å²) >= 11 is 12.4. The Hall–Kier alpha value is -2.14. The van der Waals surface area contributed by atoms with Crippen molar-refractivity contribution in [3.63, 3.8) is 0 Å². The van der Waals surface area contributed by atoms with Crippen molar-refractivity contribution in [1.82, 2.24) is 0 Å². The molecule has 2 atom stereocenters. The minimum atomic E-state index is -0.333. The van der Waals surface area contributed by atoms with Gasteiger partial charge >= 0.3 is 0 Å². The Labute approximate surface area is 167 Å². The summed E-state index contributed by atoms with van der Waals surface area (Å²) in [5.74, 6) is 2.17. The molecule has 4 nitrogen and oxygen atoms in total. The molecule has 0 saturated carbocycles. The Bertz CT molecular complexity index is 1020. The van der Waals surface area contributed by atoms with E-state index in [-0.39, 0.29) is 12.1 Å². The van der Waals surface area contributed by atoms with E-state index in [4.69, 9.17) is 43.1 Å². The number of methoxy groups -OCH3 is 2. The number of rotatable bonds is 3. The van der Waals surface area contributed by atoms with Gasteiger partial charge in [-0.2, -0.15) is 0 Å². The van der Waals surface area contributed by atoms with Crippen molar-refractivity contribution < 1.29 is 14.2 Å². The highest BCUT2D eigenvalue weighted by molar-refractivity contribution is 6.35. The van der Waals surface area contributed by atoms with Crippen LogP contribution in [0.15, 0.2) is 42.5 Å². The van der Waals surface area contributed by atoms with Gasteiger partial charge in [0.2, 0.25) is 0 Å². The molecule has 0 saturated heterocycles. The zero-order valence-corrected chi connectivity index (χ0v) is 16.5. The summed E-state index contributed by atoms with van der Waals surface area (Å²) in [6.07, 6.45) is 0.325. The molecule has 4 rings (SSSR count). The Morgan fingerprint density at radius 3 is 2.44 bits per heavy atom. The fourth-order valence-corrected chi connectivity index (χ4v) is 4.12. The van der Waals surface area contributed by atoms with Crippen LogP contribution in [0.4, 0.5) is 0 Å². The SMILES string of the molecule is COc1cc2ccc3c(c2cc1OC)CC(N)C(c1ccc(Cl)cc1Cl)O3. The van der Waals surface area contributed by atoms with Crippen molar-refractivity contribution in [2.45, 2.75) is 18.6 Å². The maximum atomic E-state index is 6.48. The van der Waals surface area contributed by atoms with E-state index in [1.54, 1.807) is 26.4 Å². The average Bonchev–Trinajstić information content (AvgIpc) is 2.66. The van der Waals surface area contributed by atoms with E-state index in [0.29, 0.717) is 28.0 Å². The lowest BCUT2D eigenvalue weighted by Gasteiger charge is -2.33. The summed E-state index contributed by atoms with van der Waals surface area (Å²) in [5, 5.41) is 3.23. The van der Waals surface area contributed by atoms with Gasteiger partial charge in [0.05, 0.1) is 20.3 Å². The first kappa shape index (κ1) is 18.2. The number of ether oxygens (including phenoxy) is 3. The molecule has 0 fully saturated rings. The van der Waals surface area contributed by atoms with E-state index in [0.717, 1.165) is 27.6 Å². The van der Waals surface area contributed by atoms with E-state index in [1.807, 2.05) is 30.3 Å². The van der Waals surface area contributed by atoms with E-state index in [2.05, 4.69) is 0 Å². The smallest absolute Gasteiger partial charge is 0.161 e. The number of fused-ring (bicyclic) bond motifs is 3. The van der Waals surface area contributed by atoms with Gasteiger partial charge in [-0.25, -0.2) is 0 Å².